The van der Waals surface area contributed by atoms with E-state index in [1.54, 1.807) is 18.5 Å². The van der Waals surface area contributed by atoms with Gasteiger partial charge in [-0.25, -0.2) is 14.6 Å². The third-order valence-electron chi connectivity index (χ3n) is 5.28. The molecule has 10 heteroatoms. The molecule has 2 amide bonds. The van der Waals surface area contributed by atoms with E-state index in [1.165, 1.54) is 11.3 Å². The Balaban J connectivity index is 1.45. The van der Waals surface area contributed by atoms with Crippen molar-refractivity contribution in [3.05, 3.63) is 46.9 Å². The number of carbonyl (C=O) groups excluding carboxylic acids is 2. The maximum atomic E-state index is 13.2. The van der Waals surface area contributed by atoms with Crippen molar-refractivity contribution in [1.82, 2.24) is 24.7 Å². The number of pyridine rings is 1. The maximum absolute atomic E-state index is 13.2. The summed E-state index contributed by atoms with van der Waals surface area (Å²) < 4.78 is 1.85. The summed E-state index contributed by atoms with van der Waals surface area (Å²) in [5.74, 6) is -0.374. The van der Waals surface area contributed by atoms with Gasteiger partial charge in [-0.3, -0.25) is 14.9 Å². The Morgan fingerprint density at radius 2 is 2.10 bits per heavy atom. The zero-order valence-electron chi connectivity index (χ0n) is 17.0. The highest BCUT2D eigenvalue weighted by Crippen LogP contribution is 2.40. The SMILES string of the molecule is CC(C)n1ncc2c(C(=O)Nc3nc(-c4c[nH]c(C(N)=O)c4)cs3)cc(C3CC3)nc21. The second-order valence-electron chi connectivity index (χ2n) is 7.95. The Hall–Kier alpha value is -3.53. The van der Waals surface area contributed by atoms with Gasteiger partial charge in [0.15, 0.2) is 10.8 Å². The van der Waals surface area contributed by atoms with Crippen LogP contribution in [-0.4, -0.2) is 36.5 Å². The summed E-state index contributed by atoms with van der Waals surface area (Å²) >= 11 is 1.31. The Morgan fingerprint density at radius 1 is 1.29 bits per heavy atom. The first kappa shape index (κ1) is 19.4. The van der Waals surface area contributed by atoms with Crippen LogP contribution in [0.15, 0.2) is 29.9 Å². The first-order valence-electron chi connectivity index (χ1n) is 10.0. The van der Waals surface area contributed by atoms with Gasteiger partial charge in [0, 0.05) is 34.8 Å². The molecule has 0 saturated heterocycles. The summed E-state index contributed by atoms with van der Waals surface area (Å²) in [6.45, 7) is 4.08. The number of amides is 2. The van der Waals surface area contributed by atoms with Gasteiger partial charge in [0.05, 0.1) is 22.8 Å². The minimum atomic E-state index is -0.537. The highest BCUT2D eigenvalue weighted by atomic mass is 32.1. The molecule has 1 aliphatic rings. The van der Waals surface area contributed by atoms with Crippen LogP contribution in [0, 0.1) is 0 Å². The summed E-state index contributed by atoms with van der Waals surface area (Å²) in [6.07, 6.45) is 5.55. The fourth-order valence-electron chi connectivity index (χ4n) is 3.50. The number of thiazole rings is 1. The van der Waals surface area contributed by atoms with Crippen LogP contribution in [-0.2, 0) is 0 Å². The van der Waals surface area contributed by atoms with Crippen LogP contribution in [0.4, 0.5) is 5.13 Å². The van der Waals surface area contributed by atoms with Crippen LogP contribution < -0.4 is 11.1 Å². The second-order valence-corrected chi connectivity index (χ2v) is 8.81. The fraction of sp³-hybridized carbons (Fsp3) is 0.286. The Kier molecular flexibility index (Phi) is 4.58. The van der Waals surface area contributed by atoms with Crippen LogP contribution >= 0.6 is 11.3 Å². The van der Waals surface area contributed by atoms with E-state index in [0.717, 1.165) is 35.1 Å². The lowest BCUT2D eigenvalue weighted by atomic mass is 10.1. The Morgan fingerprint density at radius 3 is 2.77 bits per heavy atom. The lowest BCUT2D eigenvalue weighted by molar-refractivity contribution is 0.0994. The predicted octanol–water partition coefficient (Wildman–Crippen LogP) is 3.69. The number of carbonyl (C=O) groups is 2. The van der Waals surface area contributed by atoms with Crippen LogP contribution in [0.25, 0.3) is 22.3 Å². The van der Waals surface area contributed by atoms with E-state index >= 15 is 0 Å². The fourth-order valence-corrected chi connectivity index (χ4v) is 4.22. The van der Waals surface area contributed by atoms with Gasteiger partial charge in [-0.05, 0) is 38.8 Å². The van der Waals surface area contributed by atoms with Crippen molar-refractivity contribution in [2.75, 3.05) is 5.32 Å². The number of aromatic nitrogens is 5. The third kappa shape index (κ3) is 3.59. The van der Waals surface area contributed by atoms with Gasteiger partial charge < -0.3 is 10.7 Å². The second kappa shape index (κ2) is 7.31. The summed E-state index contributed by atoms with van der Waals surface area (Å²) in [7, 11) is 0. The normalized spacial score (nSPS) is 13.8. The van der Waals surface area contributed by atoms with Crippen LogP contribution in [0.1, 0.15) is 65.2 Å². The van der Waals surface area contributed by atoms with E-state index < -0.39 is 5.91 Å². The predicted molar refractivity (Wildman–Crippen MR) is 118 cm³/mol. The van der Waals surface area contributed by atoms with Crippen LogP contribution in [0.5, 0.6) is 0 Å². The Bertz CT molecular complexity index is 1310. The van der Waals surface area contributed by atoms with E-state index in [9.17, 15) is 9.59 Å². The number of H-pyrrole nitrogens is 1. The molecular weight excluding hydrogens is 414 g/mol. The summed E-state index contributed by atoms with van der Waals surface area (Å²) in [6, 6.07) is 3.66. The number of anilines is 1. The van der Waals surface area contributed by atoms with Crippen molar-refractivity contribution >= 4 is 39.3 Å². The summed E-state index contributed by atoms with van der Waals surface area (Å²) in [5, 5.41) is 10.4. The average Bonchev–Trinajstić information content (AvgIpc) is 3.14. The van der Waals surface area contributed by atoms with Gasteiger partial charge in [-0.2, -0.15) is 5.10 Å². The van der Waals surface area contributed by atoms with Crippen molar-refractivity contribution < 1.29 is 9.59 Å². The van der Waals surface area contributed by atoms with Gasteiger partial charge >= 0.3 is 0 Å². The lowest BCUT2D eigenvalue weighted by Gasteiger charge is -2.10. The number of hydrogen-bond acceptors (Lipinski definition) is 6. The number of hydrogen-bond donors (Lipinski definition) is 3. The minimum absolute atomic E-state index is 0.142. The van der Waals surface area contributed by atoms with E-state index in [1.807, 2.05) is 30.0 Å². The molecule has 4 N–H and O–H groups in total. The first-order chi connectivity index (χ1) is 14.9. The lowest BCUT2D eigenvalue weighted by Crippen LogP contribution is -2.13. The van der Waals surface area contributed by atoms with Crippen molar-refractivity contribution in [2.45, 2.75) is 38.6 Å². The van der Waals surface area contributed by atoms with Gasteiger partial charge in [0.1, 0.15) is 5.69 Å². The molecule has 0 aromatic carbocycles. The van der Waals surface area contributed by atoms with Gasteiger partial charge in [0.2, 0.25) is 0 Å². The summed E-state index contributed by atoms with van der Waals surface area (Å²) in [4.78, 5) is 36.5. The van der Waals surface area contributed by atoms with E-state index in [2.05, 4.69) is 20.4 Å². The number of aromatic amines is 1. The van der Waals surface area contributed by atoms with Crippen molar-refractivity contribution in [1.29, 1.82) is 0 Å². The molecule has 158 valence electrons. The number of nitrogens with two attached hydrogens (primary N) is 1. The number of fused-ring (bicyclic) bond motifs is 1. The monoisotopic (exact) mass is 435 g/mol. The number of primary amides is 1. The molecule has 0 unspecified atom stereocenters. The molecule has 0 aliphatic heterocycles. The molecule has 5 rings (SSSR count). The molecule has 9 nitrogen and oxygen atoms in total. The van der Waals surface area contributed by atoms with Gasteiger partial charge in [-0.15, -0.1) is 11.3 Å². The average molecular weight is 436 g/mol. The molecule has 4 heterocycles. The maximum Gasteiger partial charge on any atom is 0.265 e. The first-order valence-corrected chi connectivity index (χ1v) is 10.9. The highest BCUT2D eigenvalue weighted by Gasteiger charge is 2.28. The molecule has 0 spiro atoms. The van der Waals surface area contributed by atoms with Crippen LogP contribution in [0.3, 0.4) is 0 Å². The molecule has 4 aromatic rings. The largest absolute Gasteiger partial charge is 0.364 e. The molecule has 31 heavy (non-hydrogen) atoms. The quantitative estimate of drug-likeness (QED) is 0.425. The van der Waals surface area contributed by atoms with Crippen LogP contribution in [0.2, 0.25) is 0 Å². The minimum Gasteiger partial charge on any atom is -0.364 e. The molecule has 0 atom stereocenters. The zero-order valence-corrected chi connectivity index (χ0v) is 17.9. The smallest absolute Gasteiger partial charge is 0.265 e. The molecule has 1 saturated carbocycles. The van der Waals surface area contributed by atoms with Crippen molar-refractivity contribution in [2.24, 2.45) is 5.73 Å². The zero-order chi connectivity index (χ0) is 21.7. The van der Waals surface area contributed by atoms with Crippen molar-refractivity contribution in [3.63, 3.8) is 0 Å². The van der Waals surface area contributed by atoms with Gasteiger partial charge in [0.25, 0.3) is 11.8 Å². The number of rotatable bonds is 6. The molecular formula is C21H21N7O2S. The summed E-state index contributed by atoms with van der Waals surface area (Å²) in [5.41, 5.74) is 9.19. The highest BCUT2D eigenvalue weighted by molar-refractivity contribution is 7.14. The molecule has 0 bridgehead atoms. The molecule has 0 radical (unpaired) electrons. The Labute approximate surface area is 181 Å². The van der Waals surface area contributed by atoms with E-state index in [0.29, 0.717) is 28.0 Å². The standard InChI is InChI=1S/C21H21N7O2S/c1-10(2)28-19-14(8-24-28)13(6-15(25-19)11-3-4-11)20(30)27-21-26-17(9-31-21)12-5-16(18(22)29)23-7-12/h5-11,23H,3-4H2,1-2H3,(H2,22,29)(H,26,27,30). The molecule has 1 fully saturated rings. The van der Waals surface area contributed by atoms with Gasteiger partial charge in [-0.1, -0.05) is 0 Å². The number of nitrogens with one attached hydrogen (secondary N) is 2. The van der Waals surface area contributed by atoms with E-state index in [-0.39, 0.29) is 11.9 Å². The molecule has 1 aliphatic carbocycles. The third-order valence-corrected chi connectivity index (χ3v) is 6.04. The van der Waals surface area contributed by atoms with E-state index in [4.69, 9.17) is 10.7 Å². The number of nitrogens with zero attached hydrogens (tertiary/aromatic N) is 4. The topological polar surface area (TPSA) is 132 Å². The van der Waals surface area contributed by atoms with Crippen molar-refractivity contribution in [3.8, 4) is 11.3 Å². The molecule has 4 aromatic heterocycles.